The lowest BCUT2D eigenvalue weighted by molar-refractivity contribution is 0.00705. The van der Waals surface area contributed by atoms with Crippen LogP contribution in [-0.2, 0) is 4.74 Å². The minimum Gasteiger partial charge on any atom is -0.378 e. The summed E-state index contributed by atoms with van der Waals surface area (Å²) >= 11 is 1.41. The van der Waals surface area contributed by atoms with Gasteiger partial charge in [0.2, 0.25) is 0 Å². The van der Waals surface area contributed by atoms with E-state index in [0.29, 0.717) is 23.5 Å². The average molecular weight is 387 g/mol. The fourth-order valence-electron chi connectivity index (χ4n) is 3.39. The molecule has 1 aliphatic rings. The van der Waals surface area contributed by atoms with Crippen molar-refractivity contribution in [2.24, 2.45) is 0 Å². The van der Waals surface area contributed by atoms with Crippen LogP contribution in [0.5, 0.6) is 0 Å². The van der Waals surface area contributed by atoms with Gasteiger partial charge in [-0.3, -0.25) is 9.20 Å². The van der Waals surface area contributed by atoms with Gasteiger partial charge < -0.3 is 9.64 Å². The molecule has 2 aromatic heterocycles. The number of fused-ring (bicyclic) bond motifs is 1. The van der Waals surface area contributed by atoms with Gasteiger partial charge in [-0.2, -0.15) is 0 Å². The molecular weight excluding hydrogens is 365 g/mol. The summed E-state index contributed by atoms with van der Waals surface area (Å²) in [6.07, 6.45) is 6.31. The van der Waals surface area contributed by atoms with Crippen LogP contribution >= 0.6 is 11.3 Å². The number of hydrogen-bond donors (Lipinski definition) is 0. The monoisotopic (exact) mass is 387 g/mol. The van der Waals surface area contributed by atoms with Crippen LogP contribution in [0.15, 0.2) is 35.8 Å². The van der Waals surface area contributed by atoms with Crippen LogP contribution in [0.25, 0.3) is 16.2 Å². The molecule has 1 aliphatic heterocycles. The summed E-state index contributed by atoms with van der Waals surface area (Å²) in [5, 5.41) is 1.83. The first-order chi connectivity index (χ1) is 13.1. The molecule has 3 heterocycles. The van der Waals surface area contributed by atoms with Crippen molar-refractivity contribution in [3.63, 3.8) is 0 Å². The van der Waals surface area contributed by atoms with E-state index < -0.39 is 0 Å². The van der Waals surface area contributed by atoms with E-state index in [1.54, 1.807) is 21.6 Å². The van der Waals surface area contributed by atoms with E-state index >= 15 is 0 Å². The Morgan fingerprint density at radius 1 is 1.44 bits per heavy atom. The number of ether oxygens (including phenoxy) is 1. The normalized spacial score (nSPS) is 17.3. The average Bonchev–Trinajstić information content (AvgIpc) is 3.27. The Bertz CT molecular complexity index is 946. The predicted octanol–water partition coefficient (Wildman–Crippen LogP) is 4.23. The number of hydrogen-bond acceptors (Lipinski definition) is 4. The fraction of sp³-hybridized carbons (Fsp3) is 0.400. The Morgan fingerprint density at radius 2 is 2.33 bits per heavy atom. The number of carbonyl (C=O) groups is 1. The first kappa shape index (κ1) is 18.1. The van der Waals surface area contributed by atoms with Gasteiger partial charge in [0.1, 0.15) is 11.5 Å². The largest absolute Gasteiger partial charge is 0.378 e. The molecule has 142 valence electrons. The third-order valence-electron chi connectivity index (χ3n) is 4.96. The topological polar surface area (TPSA) is 46.8 Å². The summed E-state index contributed by atoms with van der Waals surface area (Å²) < 4.78 is 21.0. The van der Waals surface area contributed by atoms with Crippen molar-refractivity contribution in [2.45, 2.75) is 31.8 Å². The standard InChI is InChI=1S/C20H22FN3O2S/c1-23(9-8-16-7-2-3-10-26-16)19(25)18-13-27-20-22-17(12-24(18)20)14-5-4-6-15(21)11-14/h4-6,11-13,16H,2-3,7-10H2,1H3/t16-/m1/s1. The van der Waals surface area contributed by atoms with Gasteiger partial charge in [0.05, 0.1) is 11.8 Å². The molecule has 3 aromatic rings. The minimum atomic E-state index is -0.301. The Kier molecular flexibility index (Phi) is 5.22. The van der Waals surface area contributed by atoms with Gasteiger partial charge in [-0.25, -0.2) is 9.37 Å². The number of amides is 1. The summed E-state index contributed by atoms with van der Waals surface area (Å²) in [6, 6.07) is 6.32. The summed E-state index contributed by atoms with van der Waals surface area (Å²) in [5.74, 6) is -0.343. The lowest BCUT2D eigenvalue weighted by atomic mass is 10.1. The first-order valence-corrected chi connectivity index (χ1v) is 10.1. The van der Waals surface area contributed by atoms with Crippen LogP contribution < -0.4 is 0 Å². The Labute approximate surface area is 161 Å². The molecule has 0 bridgehead atoms. The molecule has 1 atom stereocenters. The van der Waals surface area contributed by atoms with E-state index in [1.807, 2.05) is 18.5 Å². The van der Waals surface area contributed by atoms with E-state index in [9.17, 15) is 9.18 Å². The van der Waals surface area contributed by atoms with Crippen molar-refractivity contribution >= 4 is 22.2 Å². The molecule has 1 amide bonds. The van der Waals surface area contributed by atoms with Gasteiger partial charge in [-0.05, 0) is 37.8 Å². The second kappa shape index (κ2) is 7.78. The molecule has 5 nitrogen and oxygen atoms in total. The van der Waals surface area contributed by atoms with Gasteiger partial charge in [-0.15, -0.1) is 11.3 Å². The van der Waals surface area contributed by atoms with Crippen LogP contribution in [0.1, 0.15) is 36.2 Å². The highest BCUT2D eigenvalue weighted by molar-refractivity contribution is 7.15. The van der Waals surface area contributed by atoms with Crippen LogP contribution in [0.3, 0.4) is 0 Å². The maximum Gasteiger partial charge on any atom is 0.271 e. The number of thiazole rings is 1. The van der Waals surface area contributed by atoms with E-state index in [2.05, 4.69) is 4.98 Å². The molecule has 1 saturated heterocycles. The van der Waals surface area contributed by atoms with E-state index in [4.69, 9.17) is 4.74 Å². The van der Waals surface area contributed by atoms with Gasteiger partial charge in [0.15, 0.2) is 4.96 Å². The highest BCUT2D eigenvalue weighted by Gasteiger charge is 2.20. The fourth-order valence-corrected chi connectivity index (χ4v) is 4.24. The molecule has 4 rings (SSSR count). The molecule has 1 aromatic carbocycles. The highest BCUT2D eigenvalue weighted by Crippen LogP contribution is 2.25. The molecule has 27 heavy (non-hydrogen) atoms. The third kappa shape index (κ3) is 3.89. The number of aromatic nitrogens is 2. The zero-order chi connectivity index (χ0) is 18.8. The number of imidazole rings is 1. The molecule has 0 unspecified atom stereocenters. The first-order valence-electron chi connectivity index (χ1n) is 9.21. The van der Waals surface area contributed by atoms with Gasteiger partial charge in [0.25, 0.3) is 5.91 Å². The van der Waals surface area contributed by atoms with Crippen LogP contribution in [0.4, 0.5) is 4.39 Å². The number of carbonyl (C=O) groups excluding carboxylic acids is 1. The van der Waals surface area contributed by atoms with Crippen molar-refractivity contribution in [1.29, 1.82) is 0 Å². The second-order valence-electron chi connectivity index (χ2n) is 6.91. The van der Waals surface area contributed by atoms with E-state index in [0.717, 1.165) is 30.8 Å². The Morgan fingerprint density at radius 3 is 3.11 bits per heavy atom. The smallest absolute Gasteiger partial charge is 0.271 e. The second-order valence-corrected chi connectivity index (χ2v) is 7.75. The quantitative estimate of drug-likeness (QED) is 0.658. The Balaban J connectivity index is 1.50. The van der Waals surface area contributed by atoms with Crippen LogP contribution in [0, 0.1) is 5.82 Å². The molecule has 0 spiro atoms. The summed E-state index contributed by atoms with van der Waals surface area (Å²) in [6.45, 7) is 1.48. The summed E-state index contributed by atoms with van der Waals surface area (Å²) in [4.78, 5) is 19.9. The third-order valence-corrected chi connectivity index (χ3v) is 5.80. The van der Waals surface area contributed by atoms with Crippen LogP contribution in [0.2, 0.25) is 0 Å². The zero-order valence-electron chi connectivity index (χ0n) is 15.2. The van der Waals surface area contributed by atoms with E-state index in [-0.39, 0.29) is 17.8 Å². The van der Waals surface area contributed by atoms with Crippen molar-refractivity contribution < 1.29 is 13.9 Å². The predicted molar refractivity (Wildman–Crippen MR) is 104 cm³/mol. The maximum absolute atomic E-state index is 13.5. The maximum atomic E-state index is 13.5. The molecule has 7 heteroatoms. The van der Waals surface area contributed by atoms with Crippen molar-refractivity contribution in [3.8, 4) is 11.3 Å². The number of rotatable bonds is 5. The van der Waals surface area contributed by atoms with E-state index in [1.165, 1.54) is 29.9 Å². The molecule has 0 radical (unpaired) electrons. The molecular formula is C20H22FN3O2S. The summed E-state index contributed by atoms with van der Waals surface area (Å²) in [7, 11) is 1.82. The number of nitrogens with zero attached hydrogens (tertiary/aromatic N) is 3. The molecule has 1 fully saturated rings. The minimum absolute atomic E-state index is 0.0414. The van der Waals surface area contributed by atoms with Gasteiger partial charge in [-0.1, -0.05) is 12.1 Å². The van der Waals surface area contributed by atoms with Gasteiger partial charge in [0, 0.05) is 37.3 Å². The zero-order valence-corrected chi connectivity index (χ0v) is 16.0. The number of benzene rings is 1. The van der Waals surface area contributed by atoms with Gasteiger partial charge >= 0.3 is 0 Å². The molecule has 0 aliphatic carbocycles. The van der Waals surface area contributed by atoms with Crippen molar-refractivity contribution in [2.75, 3.05) is 20.2 Å². The number of halogens is 1. The van der Waals surface area contributed by atoms with Crippen molar-refractivity contribution in [3.05, 3.63) is 47.4 Å². The Hall–Kier alpha value is -2.25. The lowest BCUT2D eigenvalue weighted by Gasteiger charge is -2.25. The van der Waals surface area contributed by atoms with Crippen molar-refractivity contribution in [1.82, 2.24) is 14.3 Å². The molecule has 0 N–H and O–H groups in total. The highest BCUT2D eigenvalue weighted by atomic mass is 32.1. The lowest BCUT2D eigenvalue weighted by Crippen LogP contribution is -2.32. The molecule has 0 saturated carbocycles. The SMILES string of the molecule is CN(CC[C@H]1CCCCO1)C(=O)c1csc2nc(-c3cccc(F)c3)cn12. The van der Waals surface area contributed by atoms with Crippen LogP contribution in [-0.4, -0.2) is 46.5 Å². The summed E-state index contributed by atoms with van der Waals surface area (Å²) in [5.41, 5.74) is 1.94.